The Morgan fingerprint density at radius 2 is 1.64 bits per heavy atom. The van der Waals surface area contributed by atoms with Crippen LogP contribution in [-0.2, 0) is 15.0 Å². The molecule has 5 rings (SSSR count). The van der Waals surface area contributed by atoms with Crippen molar-refractivity contribution in [3.8, 4) is 11.5 Å². The van der Waals surface area contributed by atoms with Crippen molar-refractivity contribution in [2.24, 2.45) is 0 Å². The van der Waals surface area contributed by atoms with Gasteiger partial charge in [-0.2, -0.15) is 0 Å². The number of hydrogen-bond donors (Lipinski definition) is 1. The topological polar surface area (TPSA) is 76.1 Å². The lowest BCUT2D eigenvalue weighted by Crippen LogP contribution is -2.29. The minimum atomic E-state index is -0.847. The fraction of sp³-hybridized carbons (Fsp3) is 0.241. The van der Waals surface area contributed by atoms with E-state index >= 15 is 0 Å². The van der Waals surface area contributed by atoms with Crippen molar-refractivity contribution in [1.29, 1.82) is 0 Å². The molecule has 1 saturated heterocycles. The number of fused-ring (bicyclic) bond motifs is 1. The van der Waals surface area contributed by atoms with Crippen LogP contribution in [0, 0.1) is 0 Å². The molecule has 1 unspecified atom stereocenters. The Hall–Kier alpha value is -3.77. The normalized spacial score (nSPS) is 19.0. The third kappa shape index (κ3) is 4.22. The lowest BCUT2D eigenvalue weighted by atomic mass is 9.85. The molecule has 0 spiro atoms. The molecule has 6 nitrogen and oxygen atoms in total. The summed E-state index contributed by atoms with van der Waals surface area (Å²) >= 11 is 6.14. The van der Waals surface area contributed by atoms with Crippen molar-refractivity contribution in [3.63, 3.8) is 0 Å². The average molecular weight is 504 g/mol. The van der Waals surface area contributed by atoms with Crippen LogP contribution >= 0.6 is 11.6 Å². The predicted octanol–water partition coefficient (Wildman–Crippen LogP) is 6.04. The quantitative estimate of drug-likeness (QED) is 0.268. The summed E-state index contributed by atoms with van der Waals surface area (Å²) in [7, 11) is 0. The summed E-state index contributed by atoms with van der Waals surface area (Å²) in [5.74, 6) is -0.711. The van der Waals surface area contributed by atoms with Gasteiger partial charge in [-0.15, -0.1) is 0 Å². The van der Waals surface area contributed by atoms with E-state index in [2.05, 4.69) is 20.8 Å². The standard InChI is InChI=1S/C29H26ClNO5/c1-29(2,3)19-9-7-17(8-10-19)25-24(26(32)18-5-4-6-20(30)15-18)27(33)28(34)31(25)21-11-12-22-23(16-21)36-14-13-35-22/h4-12,15-16,25,32H,13-14H2,1-3H3/b26-24+. The van der Waals surface area contributed by atoms with Crippen molar-refractivity contribution >= 4 is 34.7 Å². The second kappa shape index (κ2) is 9.03. The molecular formula is C29H26ClNO5. The fourth-order valence-electron chi connectivity index (χ4n) is 4.55. The Morgan fingerprint density at radius 1 is 0.944 bits per heavy atom. The molecule has 1 N–H and O–H groups in total. The highest BCUT2D eigenvalue weighted by Gasteiger charge is 2.47. The van der Waals surface area contributed by atoms with Gasteiger partial charge in [0.15, 0.2) is 11.5 Å². The van der Waals surface area contributed by atoms with E-state index in [1.807, 2.05) is 24.3 Å². The molecule has 0 bridgehead atoms. The molecule has 1 atom stereocenters. The van der Waals surface area contributed by atoms with Gasteiger partial charge in [0, 0.05) is 22.3 Å². The number of carbonyl (C=O) groups excluding carboxylic acids is 2. The van der Waals surface area contributed by atoms with Crippen LogP contribution in [0.3, 0.4) is 0 Å². The van der Waals surface area contributed by atoms with E-state index in [1.54, 1.807) is 42.5 Å². The lowest BCUT2D eigenvalue weighted by Gasteiger charge is -2.28. The first-order chi connectivity index (χ1) is 17.1. The van der Waals surface area contributed by atoms with Crippen LogP contribution in [-0.4, -0.2) is 30.0 Å². The van der Waals surface area contributed by atoms with E-state index in [9.17, 15) is 14.7 Å². The van der Waals surface area contributed by atoms with Gasteiger partial charge in [-0.25, -0.2) is 0 Å². The Kier molecular flexibility index (Phi) is 6.00. The third-order valence-electron chi connectivity index (χ3n) is 6.44. The van der Waals surface area contributed by atoms with Gasteiger partial charge in [0.2, 0.25) is 0 Å². The molecule has 0 saturated carbocycles. The monoisotopic (exact) mass is 503 g/mol. The van der Waals surface area contributed by atoms with E-state index in [0.29, 0.717) is 46.5 Å². The molecule has 184 valence electrons. The first kappa shape index (κ1) is 23.9. The number of aliphatic hydroxyl groups excluding tert-OH is 1. The molecule has 2 aliphatic heterocycles. The molecule has 1 fully saturated rings. The van der Waals surface area contributed by atoms with Crippen molar-refractivity contribution in [1.82, 2.24) is 0 Å². The first-order valence-corrected chi connectivity index (χ1v) is 12.1. The van der Waals surface area contributed by atoms with Crippen molar-refractivity contribution in [2.45, 2.75) is 32.2 Å². The summed E-state index contributed by atoms with van der Waals surface area (Å²) in [5.41, 5.74) is 2.56. The number of amides is 1. The number of carbonyl (C=O) groups is 2. The Morgan fingerprint density at radius 3 is 2.31 bits per heavy atom. The number of benzene rings is 3. The summed E-state index contributed by atoms with van der Waals surface area (Å²) in [4.78, 5) is 28.2. The SMILES string of the molecule is CC(C)(C)c1ccc(C2/C(=C(\O)c3cccc(Cl)c3)C(=O)C(=O)N2c2ccc3c(c2)OCCO3)cc1. The van der Waals surface area contributed by atoms with Crippen LogP contribution in [0.4, 0.5) is 5.69 Å². The van der Waals surface area contributed by atoms with Gasteiger partial charge < -0.3 is 14.6 Å². The van der Waals surface area contributed by atoms with Crippen LogP contribution in [0.1, 0.15) is 43.5 Å². The Bertz CT molecular complexity index is 1390. The maximum Gasteiger partial charge on any atom is 0.300 e. The van der Waals surface area contributed by atoms with E-state index < -0.39 is 17.7 Å². The second-order valence-corrected chi connectivity index (χ2v) is 10.3. The van der Waals surface area contributed by atoms with Crippen LogP contribution < -0.4 is 14.4 Å². The number of halogens is 1. The van der Waals surface area contributed by atoms with Gasteiger partial charge >= 0.3 is 0 Å². The summed E-state index contributed by atoms with van der Waals surface area (Å²) in [5, 5.41) is 11.7. The average Bonchev–Trinajstić information content (AvgIpc) is 3.13. The van der Waals surface area contributed by atoms with Gasteiger partial charge in [0.05, 0.1) is 11.6 Å². The van der Waals surface area contributed by atoms with Crippen LogP contribution in [0.2, 0.25) is 5.02 Å². The van der Waals surface area contributed by atoms with Gasteiger partial charge in [-0.05, 0) is 40.8 Å². The first-order valence-electron chi connectivity index (χ1n) is 11.7. The molecule has 2 aliphatic rings. The number of ketones is 1. The highest BCUT2D eigenvalue weighted by atomic mass is 35.5. The molecule has 3 aromatic carbocycles. The molecule has 3 aromatic rings. The van der Waals surface area contributed by atoms with E-state index in [4.69, 9.17) is 21.1 Å². The van der Waals surface area contributed by atoms with E-state index in [0.717, 1.165) is 5.56 Å². The number of rotatable bonds is 3. The summed E-state index contributed by atoms with van der Waals surface area (Å²) in [6.45, 7) is 7.17. The van der Waals surface area contributed by atoms with Gasteiger partial charge in [0.25, 0.3) is 11.7 Å². The second-order valence-electron chi connectivity index (χ2n) is 9.88. The van der Waals surface area contributed by atoms with Crippen LogP contribution in [0.5, 0.6) is 11.5 Å². The summed E-state index contributed by atoms with van der Waals surface area (Å²) < 4.78 is 11.3. The highest BCUT2D eigenvalue weighted by Crippen LogP contribution is 2.45. The number of ether oxygens (including phenoxy) is 2. The fourth-order valence-corrected chi connectivity index (χ4v) is 4.74. The molecule has 1 amide bonds. The third-order valence-corrected chi connectivity index (χ3v) is 6.67. The largest absolute Gasteiger partial charge is 0.507 e. The zero-order chi connectivity index (χ0) is 25.6. The van der Waals surface area contributed by atoms with Crippen LogP contribution in [0.25, 0.3) is 5.76 Å². The molecule has 36 heavy (non-hydrogen) atoms. The van der Waals surface area contributed by atoms with Crippen molar-refractivity contribution in [3.05, 3.63) is 94.0 Å². The van der Waals surface area contributed by atoms with E-state index in [1.165, 1.54) is 4.90 Å². The van der Waals surface area contributed by atoms with Gasteiger partial charge in [-0.3, -0.25) is 14.5 Å². The number of hydrogen-bond acceptors (Lipinski definition) is 5. The molecule has 0 radical (unpaired) electrons. The van der Waals surface area contributed by atoms with Gasteiger partial charge in [-0.1, -0.05) is 68.8 Å². The van der Waals surface area contributed by atoms with E-state index in [-0.39, 0.29) is 16.7 Å². The zero-order valence-corrected chi connectivity index (χ0v) is 21.0. The highest BCUT2D eigenvalue weighted by molar-refractivity contribution is 6.51. The summed E-state index contributed by atoms with van der Waals surface area (Å²) in [6.07, 6.45) is 0. The maximum atomic E-state index is 13.4. The van der Waals surface area contributed by atoms with Crippen molar-refractivity contribution in [2.75, 3.05) is 18.1 Å². The minimum absolute atomic E-state index is 0.000615. The predicted molar refractivity (Wildman–Crippen MR) is 139 cm³/mol. The van der Waals surface area contributed by atoms with Crippen LogP contribution in [0.15, 0.2) is 72.3 Å². The molecule has 2 heterocycles. The summed E-state index contributed by atoms with van der Waals surface area (Å²) in [6, 6.07) is 18.6. The smallest absolute Gasteiger partial charge is 0.300 e. The number of nitrogens with zero attached hydrogens (tertiary/aromatic N) is 1. The Balaban J connectivity index is 1.69. The number of aliphatic hydroxyl groups is 1. The molecular weight excluding hydrogens is 478 g/mol. The lowest BCUT2D eigenvalue weighted by molar-refractivity contribution is -0.132. The maximum absolute atomic E-state index is 13.4. The molecule has 0 aromatic heterocycles. The molecule has 0 aliphatic carbocycles. The number of anilines is 1. The van der Waals surface area contributed by atoms with Gasteiger partial charge in [0.1, 0.15) is 19.0 Å². The zero-order valence-electron chi connectivity index (χ0n) is 20.2. The minimum Gasteiger partial charge on any atom is -0.507 e. The molecule has 7 heteroatoms. The van der Waals surface area contributed by atoms with Crippen molar-refractivity contribution < 1.29 is 24.2 Å². The Labute approximate surface area is 214 Å². The number of Topliss-reactive ketones (excluding diaryl/α,β-unsaturated/α-hetero) is 1.